The molecule has 0 aliphatic carbocycles. The van der Waals surface area contributed by atoms with Crippen LogP contribution in [0.4, 0.5) is 13.2 Å². The summed E-state index contributed by atoms with van der Waals surface area (Å²) in [4.78, 5) is 0. The average molecular weight is 349 g/mol. The van der Waals surface area contributed by atoms with Crippen LogP contribution in [0.1, 0.15) is 24.0 Å². The van der Waals surface area contributed by atoms with Gasteiger partial charge in [0.25, 0.3) is 0 Å². The lowest BCUT2D eigenvalue weighted by atomic mass is 10.1. The maximum absolute atomic E-state index is 13.1. The van der Waals surface area contributed by atoms with Crippen molar-refractivity contribution in [2.75, 3.05) is 13.1 Å². The van der Waals surface area contributed by atoms with E-state index in [1.807, 2.05) is 0 Å². The SMILES string of the molecule is NN1CC2CCC(C1)N2S(=O)(=O)Cc1ccccc1C(F)(F)F. The number of piperazine rings is 1. The van der Waals surface area contributed by atoms with E-state index in [9.17, 15) is 21.6 Å². The molecule has 3 rings (SSSR count). The third kappa shape index (κ3) is 3.23. The lowest BCUT2D eigenvalue weighted by Crippen LogP contribution is -2.57. The monoisotopic (exact) mass is 349 g/mol. The van der Waals surface area contributed by atoms with Crippen molar-refractivity contribution in [1.29, 1.82) is 0 Å². The zero-order valence-electron chi connectivity index (χ0n) is 12.3. The van der Waals surface area contributed by atoms with Crippen LogP contribution in [0.15, 0.2) is 24.3 Å². The quantitative estimate of drug-likeness (QED) is 0.841. The summed E-state index contributed by atoms with van der Waals surface area (Å²) in [5, 5.41) is 1.58. The molecule has 128 valence electrons. The minimum absolute atomic E-state index is 0.213. The van der Waals surface area contributed by atoms with Crippen LogP contribution in [-0.2, 0) is 22.0 Å². The van der Waals surface area contributed by atoms with E-state index in [-0.39, 0.29) is 17.6 Å². The molecule has 2 unspecified atom stereocenters. The van der Waals surface area contributed by atoms with Crippen molar-refractivity contribution < 1.29 is 21.6 Å². The first-order valence-electron chi connectivity index (χ1n) is 7.34. The first-order valence-corrected chi connectivity index (χ1v) is 8.95. The van der Waals surface area contributed by atoms with Crippen molar-refractivity contribution in [3.63, 3.8) is 0 Å². The van der Waals surface area contributed by atoms with E-state index in [0.29, 0.717) is 25.9 Å². The van der Waals surface area contributed by atoms with Gasteiger partial charge in [0.05, 0.1) is 11.3 Å². The standard InChI is InChI=1S/C14H18F3N3O2S/c15-14(16,17)13-4-2-1-3-10(13)9-23(21,22)20-11-5-6-12(20)8-19(18)7-11/h1-4,11-12H,5-9,18H2. The highest BCUT2D eigenvalue weighted by molar-refractivity contribution is 7.88. The Morgan fingerprint density at radius 3 is 2.26 bits per heavy atom. The fraction of sp³-hybridized carbons (Fsp3) is 0.571. The molecule has 1 aromatic rings. The van der Waals surface area contributed by atoms with Gasteiger partial charge in [0, 0.05) is 25.2 Å². The van der Waals surface area contributed by atoms with Crippen molar-refractivity contribution in [2.24, 2.45) is 5.84 Å². The van der Waals surface area contributed by atoms with E-state index in [2.05, 4.69) is 0 Å². The summed E-state index contributed by atoms with van der Waals surface area (Å²) < 4.78 is 65.9. The first-order chi connectivity index (χ1) is 10.7. The summed E-state index contributed by atoms with van der Waals surface area (Å²) in [6.45, 7) is 0.827. The number of hydrazine groups is 1. The van der Waals surface area contributed by atoms with Gasteiger partial charge in [0.2, 0.25) is 10.0 Å². The third-order valence-electron chi connectivity index (χ3n) is 4.43. The molecule has 0 saturated carbocycles. The summed E-state index contributed by atoms with van der Waals surface area (Å²) in [5.41, 5.74) is -1.11. The zero-order chi connectivity index (χ0) is 16.8. The maximum Gasteiger partial charge on any atom is 0.416 e. The molecule has 0 aromatic heterocycles. The second kappa shape index (κ2) is 5.73. The van der Waals surface area contributed by atoms with Gasteiger partial charge in [-0.25, -0.2) is 13.4 Å². The fourth-order valence-electron chi connectivity index (χ4n) is 3.54. The third-order valence-corrected chi connectivity index (χ3v) is 6.34. The molecule has 1 aromatic carbocycles. The number of alkyl halides is 3. The Kier molecular flexibility index (Phi) is 4.16. The van der Waals surface area contributed by atoms with E-state index >= 15 is 0 Å². The van der Waals surface area contributed by atoms with Crippen molar-refractivity contribution in [2.45, 2.75) is 36.9 Å². The number of rotatable bonds is 3. The number of nitrogens with zero attached hydrogens (tertiary/aromatic N) is 2. The number of benzene rings is 1. The number of hydrogen-bond acceptors (Lipinski definition) is 4. The Morgan fingerprint density at radius 1 is 1.13 bits per heavy atom. The molecule has 0 radical (unpaired) electrons. The molecule has 23 heavy (non-hydrogen) atoms. The predicted octanol–water partition coefficient (Wildman–Crippen LogP) is 1.56. The molecule has 0 amide bonds. The van der Waals surface area contributed by atoms with E-state index in [1.165, 1.54) is 22.5 Å². The minimum Gasteiger partial charge on any atom is -0.269 e. The van der Waals surface area contributed by atoms with Gasteiger partial charge in [0.15, 0.2) is 0 Å². The first kappa shape index (κ1) is 16.7. The van der Waals surface area contributed by atoms with Crippen LogP contribution < -0.4 is 5.84 Å². The topological polar surface area (TPSA) is 66.6 Å². The van der Waals surface area contributed by atoms with Gasteiger partial charge in [-0.2, -0.15) is 17.5 Å². The van der Waals surface area contributed by atoms with Crippen LogP contribution in [0, 0.1) is 0 Å². The summed E-state index contributed by atoms with van der Waals surface area (Å²) in [6, 6.07) is 4.32. The van der Waals surface area contributed by atoms with Crippen LogP contribution in [0.25, 0.3) is 0 Å². The second-order valence-electron chi connectivity index (χ2n) is 6.08. The molecule has 2 aliphatic heterocycles. The molecular weight excluding hydrogens is 331 g/mol. The highest BCUT2D eigenvalue weighted by Gasteiger charge is 2.46. The smallest absolute Gasteiger partial charge is 0.269 e. The normalized spacial score (nSPS) is 26.6. The van der Waals surface area contributed by atoms with Gasteiger partial charge < -0.3 is 0 Å². The van der Waals surface area contributed by atoms with E-state index in [4.69, 9.17) is 5.84 Å². The van der Waals surface area contributed by atoms with E-state index < -0.39 is 27.5 Å². The maximum atomic E-state index is 13.1. The molecule has 0 spiro atoms. The molecule has 5 nitrogen and oxygen atoms in total. The Labute approximate surface area is 132 Å². The number of sulfonamides is 1. The molecule has 2 heterocycles. The highest BCUT2D eigenvalue weighted by Crippen LogP contribution is 2.36. The van der Waals surface area contributed by atoms with Crippen molar-refractivity contribution in [1.82, 2.24) is 9.31 Å². The molecule has 2 atom stereocenters. The molecule has 2 bridgehead atoms. The van der Waals surface area contributed by atoms with Crippen molar-refractivity contribution >= 4 is 10.0 Å². The Bertz CT molecular complexity index is 679. The van der Waals surface area contributed by atoms with Crippen LogP contribution in [-0.4, -0.2) is 42.9 Å². The van der Waals surface area contributed by atoms with Crippen molar-refractivity contribution in [3.8, 4) is 0 Å². The lowest BCUT2D eigenvalue weighted by Gasteiger charge is -2.38. The lowest BCUT2D eigenvalue weighted by molar-refractivity contribution is -0.138. The minimum atomic E-state index is -4.57. The van der Waals surface area contributed by atoms with Gasteiger partial charge in [-0.15, -0.1) is 0 Å². The Morgan fingerprint density at radius 2 is 1.70 bits per heavy atom. The van der Waals surface area contributed by atoms with Gasteiger partial charge in [-0.05, 0) is 24.5 Å². The Balaban J connectivity index is 1.89. The molecule has 2 aliphatic rings. The zero-order valence-corrected chi connectivity index (χ0v) is 13.1. The largest absolute Gasteiger partial charge is 0.416 e. The van der Waals surface area contributed by atoms with Crippen LogP contribution in [0.3, 0.4) is 0 Å². The second-order valence-corrected chi connectivity index (χ2v) is 7.95. The number of nitrogens with two attached hydrogens (primary N) is 1. The van der Waals surface area contributed by atoms with E-state index in [0.717, 1.165) is 6.07 Å². The summed E-state index contributed by atoms with van der Waals surface area (Å²) in [7, 11) is -3.83. The highest BCUT2D eigenvalue weighted by atomic mass is 32.2. The summed E-state index contributed by atoms with van der Waals surface area (Å²) >= 11 is 0. The average Bonchev–Trinajstić information content (AvgIpc) is 2.71. The van der Waals surface area contributed by atoms with E-state index in [1.54, 1.807) is 5.01 Å². The van der Waals surface area contributed by atoms with Gasteiger partial charge in [-0.1, -0.05) is 18.2 Å². The molecule has 2 N–H and O–H groups in total. The van der Waals surface area contributed by atoms with Gasteiger partial charge >= 0.3 is 6.18 Å². The molecule has 2 fully saturated rings. The predicted molar refractivity (Wildman–Crippen MR) is 78.5 cm³/mol. The Hall–Kier alpha value is -1.16. The van der Waals surface area contributed by atoms with Gasteiger partial charge in [-0.3, -0.25) is 5.84 Å². The number of fused-ring (bicyclic) bond motifs is 2. The fourth-order valence-corrected chi connectivity index (χ4v) is 5.59. The summed E-state index contributed by atoms with van der Waals surface area (Å²) in [6.07, 6.45) is -3.18. The number of hydrogen-bond donors (Lipinski definition) is 1. The molecule has 9 heteroatoms. The van der Waals surface area contributed by atoms with Crippen LogP contribution in [0.5, 0.6) is 0 Å². The van der Waals surface area contributed by atoms with Crippen LogP contribution in [0.2, 0.25) is 0 Å². The summed E-state index contributed by atoms with van der Waals surface area (Å²) in [5.74, 6) is 5.12. The van der Waals surface area contributed by atoms with Crippen molar-refractivity contribution in [3.05, 3.63) is 35.4 Å². The molecular formula is C14H18F3N3O2S. The van der Waals surface area contributed by atoms with Gasteiger partial charge in [0.1, 0.15) is 0 Å². The molecule has 2 saturated heterocycles. The number of halogens is 3. The van der Waals surface area contributed by atoms with Crippen LogP contribution >= 0.6 is 0 Å².